The van der Waals surface area contributed by atoms with Crippen molar-refractivity contribution in [2.24, 2.45) is 0 Å². The van der Waals surface area contributed by atoms with Crippen LogP contribution in [0, 0.1) is 0 Å². The van der Waals surface area contributed by atoms with Crippen LogP contribution in [0.2, 0.25) is 0 Å². The van der Waals surface area contributed by atoms with Crippen molar-refractivity contribution in [1.82, 2.24) is 5.32 Å². The quantitative estimate of drug-likeness (QED) is 0.843. The minimum Gasteiger partial charge on any atom is -0.487 e. The van der Waals surface area contributed by atoms with E-state index in [0.29, 0.717) is 6.61 Å². The highest BCUT2D eigenvalue weighted by molar-refractivity contribution is 9.11. The molecule has 0 atom stereocenters. The minimum absolute atomic E-state index is 0.474. The fourth-order valence-electron chi connectivity index (χ4n) is 1.26. The Morgan fingerprint density at radius 2 is 2.25 bits per heavy atom. The fourth-order valence-corrected chi connectivity index (χ4v) is 1.90. The Hall–Kier alpha value is -0.320. The second-order valence-electron chi connectivity index (χ2n) is 3.31. The highest BCUT2D eigenvalue weighted by Gasteiger charge is 2.07. The summed E-state index contributed by atoms with van der Waals surface area (Å²) in [5.74, 6) is 0.879. The van der Waals surface area contributed by atoms with Crippen LogP contribution >= 0.6 is 31.9 Å². The smallest absolute Gasteiger partial charge is 0.138 e. The van der Waals surface area contributed by atoms with E-state index in [0.717, 1.165) is 33.4 Å². The summed E-state index contributed by atoms with van der Waals surface area (Å²) >= 11 is 6.77. The van der Waals surface area contributed by atoms with Crippen LogP contribution in [0.25, 0.3) is 0 Å². The number of benzene rings is 1. The number of nitrogens with one attached hydrogen (secondary N) is 1. The van der Waals surface area contributed by atoms with Crippen LogP contribution < -0.4 is 10.1 Å². The zero-order valence-electron chi connectivity index (χ0n) is 9.22. The molecule has 0 aromatic heterocycles. The predicted molar refractivity (Wildman–Crippen MR) is 75.1 cm³/mol. The van der Waals surface area contributed by atoms with E-state index in [2.05, 4.69) is 56.7 Å². The standard InChI is InChI=1S/C12H15Br2NO/c1-3-15-7-10-5-4-6-11(14)12(10)16-8-9(2)13/h4-6,15H,2-3,7-8H2,1H3. The van der Waals surface area contributed by atoms with Crippen molar-refractivity contribution in [2.45, 2.75) is 13.5 Å². The fraction of sp³-hybridized carbons (Fsp3) is 0.333. The van der Waals surface area contributed by atoms with E-state index in [9.17, 15) is 0 Å². The molecular weight excluding hydrogens is 334 g/mol. The molecule has 16 heavy (non-hydrogen) atoms. The molecule has 0 heterocycles. The maximum atomic E-state index is 5.69. The third-order valence-corrected chi connectivity index (χ3v) is 2.84. The maximum Gasteiger partial charge on any atom is 0.138 e. The first-order chi connectivity index (χ1) is 7.65. The number of hydrogen-bond donors (Lipinski definition) is 1. The molecule has 88 valence electrons. The topological polar surface area (TPSA) is 21.3 Å². The summed E-state index contributed by atoms with van der Waals surface area (Å²) in [6.07, 6.45) is 0. The Morgan fingerprint density at radius 3 is 2.88 bits per heavy atom. The zero-order valence-corrected chi connectivity index (χ0v) is 12.4. The van der Waals surface area contributed by atoms with Crippen LogP contribution in [-0.4, -0.2) is 13.2 Å². The maximum absolute atomic E-state index is 5.69. The molecule has 0 aliphatic carbocycles. The van der Waals surface area contributed by atoms with E-state index in [1.165, 1.54) is 0 Å². The summed E-state index contributed by atoms with van der Waals surface area (Å²) in [5, 5.41) is 3.28. The monoisotopic (exact) mass is 347 g/mol. The molecule has 0 aliphatic heterocycles. The van der Waals surface area contributed by atoms with E-state index >= 15 is 0 Å². The molecule has 0 aliphatic rings. The van der Waals surface area contributed by atoms with Crippen molar-refractivity contribution >= 4 is 31.9 Å². The highest BCUT2D eigenvalue weighted by Crippen LogP contribution is 2.29. The summed E-state index contributed by atoms with van der Waals surface area (Å²) in [5.41, 5.74) is 1.14. The van der Waals surface area contributed by atoms with Crippen LogP contribution in [-0.2, 0) is 6.54 Å². The Labute approximate surface area is 113 Å². The van der Waals surface area contributed by atoms with Gasteiger partial charge in [-0.05, 0) is 28.5 Å². The largest absolute Gasteiger partial charge is 0.487 e. The SMILES string of the molecule is C=C(Br)COc1c(Br)cccc1CNCC. The average molecular weight is 349 g/mol. The van der Waals surface area contributed by atoms with E-state index < -0.39 is 0 Å². The number of para-hydroxylation sites is 1. The lowest BCUT2D eigenvalue weighted by atomic mass is 10.2. The lowest BCUT2D eigenvalue weighted by Gasteiger charge is -2.13. The first-order valence-corrected chi connectivity index (χ1v) is 6.68. The molecule has 0 spiro atoms. The van der Waals surface area contributed by atoms with Crippen LogP contribution in [0.3, 0.4) is 0 Å². The average Bonchev–Trinajstić information content (AvgIpc) is 2.24. The van der Waals surface area contributed by atoms with Gasteiger partial charge in [0.05, 0.1) is 4.47 Å². The van der Waals surface area contributed by atoms with Crippen LogP contribution in [0.4, 0.5) is 0 Å². The molecule has 0 bridgehead atoms. The molecular formula is C12H15Br2NO. The van der Waals surface area contributed by atoms with Crippen molar-refractivity contribution in [3.63, 3.8) is 0 Å². The second-order valence-corrected chi connectivity index (χ2v) is 5.29. The van der Waals surface area contributed by atoms with Crippen molar-refractivity contribution in [3.05, 3.63) is 39.3 Å². The zero-order chi connectivity index (χ0) is 12.0. The molecule has 4 heteroatoms. The third kappa shape index (κ3) is 4.28. The molecule has 1 aromatic rings. The molecule has 1 N–H and O–H groups in total. The van der Waals surface area contributed by atoms with Crippen molar-refractivity contribution in [2.75, 3.05) is 13.2 Å². The van der Waals surface area contributed by atoms with Gasteiger partial charge in [0.25, 0.3) is 0 Å². The Kier molecular flexibility index (Phi) is 6.09. The van der Waals surface area contributed by atoms with Gasteiger partial charge in [0.2, 0.25) is 0 Å². The highest BCUT2D eigenvalue weighted by atomic mass is 79.9. The summed E-state index contributed by atoms with van der Waals surface area (Å²) in [6.45, 7) is 8.06. The van der Waals surface area contributed by atoms with Gasteiger partial charge in [-0.2, -0.15) is 0 Å². The molecule has 1 aromatic carbocycles. The molecule has 0 radical (unpaired) electrons. The van der Waals surface area contributed by atoms with E-state index in [1.807, 2.05) is 12.1 Å². The van der Waals surface area contributed by atoms with Gasteiger partial charge >= 0.3 is 0 Å². The van der Waals surface area contributed by atoms with Gasteiger partial charge < -0.3 is 10.1 Å². The molecule has 1 rings (SSSR count). The van der Waals surface area contributed by atoms with Crippen molar-refractivity contribution in [1.29, 1.82) is 0 Å². The lowest BCUT2D eigenvalue weighted by Crippen LogP contribution is -2.13. The predicted octanol–water partition coefficient (Wildman–Crippen LogP) is 3.85. The molecule has 0 saturated heterocycles. The lowest BCUT2D eigenvalue weighted by molar-refractivity contribution is 0.353. The third-order valence-electron chi connectivity index (χ3n) is 1.99. The van der Waals surface area contributed by atoms with Crippen LogP contribution in [0.5, 0.6) is 5.75 Å². The number of rotatable bonds is 6. The summed E-state index contributed by atoms with van der Waals surface area (Å²) in [4.78, 5) is 0. The normalized spacial score (nSPS) is 10.2. The Morgan fingerprint density at radius 1 is 1.50 bits per heavy atom. The number of ether oxygens (including phenoxy) is 1. The van der Waals surface area contributed by atoms with Gasteiger partial charge in [-0.15, -0.1) is 0 Å². The van der Waals surface area contributed by atoms with Gasteiger partial charge in [0.15, 0.2) is 0 Å². The summed E-state index contributed by atoms with van der Waals surface area (Å²) in [6, 6.07) is 6.04. The van der Waals surface area contributed by atoms with Gasteiger partial charge in [0, 0.05) is 16.6 Å². The van der Waals surface area contributed by atoms with Crippen LogP contribution in [0.15, 0.2) is 33.7 Å². The summed E-state index contributed by atoms with van der Waals surface area (Å²) < 4.78 is 7.49. The molecule has 2 nitrogen and oxygen atoms in total. The van der Waals surface area contributed by atoms with Gasteiger partial charge in [-0.3, -0.25) is 0 Å². The molecule has 0 unspecified atom stereocenters. The second kappa shape index (κ2) is 7.09. The molecule has 0 amide bonds. The van der Waals surface area contributed by atoms with Crippen molar-refractivity contribution < 1.29 is 4.74 Å². The molecule has 0 fully saturated rings. The minimum atomic E-state index is 0.474. The Balaban J connectivity index is 2.80. The van der Waals surface area contributed by atoms with Gasteiger partial charge in [0.1, 0.15) is 12.4 Å². The summed E-state index contributed by atoms with van der Waals surface area (Å²) in [7, 11) is 0. The van der Waals surface area contributed by atoms with Crippen LogP contribution in [0.1, 0.15) is 12.5 Å². The van der Waals surface area contributed by atoms with E-state index in [-0.39, 0.29) is 0 Å². The first-order valence-electron chi connectivity index (χ1n) is 5.09. The van der Waals surface area contributed by atoms with Gasteiger partial charge in [-0.25, -0.2) is 0 Å². The van der Waals surface area contributed by atoms with Gasteiger partial charge in [-0.1, -0.05) is 41.6 Å². The number of halogens is 2. The van der Waals surface area contributed by atoms with E-state index in [1.54, 1.807) is 0 Å². The first kappa shape index (κ1) is 13.7. The molecule has 0 saturated carbocycles. The van der Waals surface area contributed by atoms with E-state index in [4.69, 9.17) is 4.74 Å². The number of hydrogen-bond acceptors (Lipinski definition) is 2. The Bertz CT molecular complexity index is 366. The van der Waals surface area contributed by atoms with Crippen molar-refractivity contribution in [3.8, 4) is 5.75 Å².